The lowest BCUT2D eigenvalue weighted by molar-refractivity contribution is -0.127. The Morgan fingerprint density at radius 1 is 1.40 bits per heavy atom. The van der Waals surface area contributed by atoms with Crippen LogP contribution in [-0.4, -0.2) is 18.5 Å². The van der Waals surface area contributed by atoms with Crippen molar-refractivity contribution in [2.45, 2.75) is 38.1 Å². The molecule has 1 spiro atoms. The minimum absolute atomic E-state index is 0.151. The van der Waals surface area contributed by atoms with Crippen molar-refractivity contribution in [2.24, 2.45) is 11.1 Å². The molecule has 1 aromatic carbocycles. The van der Waals surface area contributed by atoms with E-state index in [1.165, 1.54) is 0 Å². The summed E-state index contributed by atoms with van der Waals surface area (Å²) in [5.41, 5.74) is 7.25. The molecule has 1 heterocycles. The van der Waals surface area contributed by atoms with Gasteiger partial charge in [0.15, 0.2) is 0 Å². The molecular weight excluding hydrogens is 250 g/mol. The van der Waals surface area contributed by atoms with Gasteiger partial charge in [0.05, 0.1) is 17.0 Å². The number of hydrogen-bond acceptors (Lipinski definition) is 3. The van der Waals surface area contributed by atoms with Gasteiger partial charge in [0.25, 0.3) is 0 Å². The summed E-state index contributed by atoms with van der Waals surface area (Å²) in [6, 6.07) is 9.56. The van der Waals surface area contributed by atoms with E-state index in [-0.39, 0.29) is 17.4 Å². The normalized spacial score (nSPS) is 29.7. The van der Waals surface area contributed by atoms with E-state index in [1.807, 2.05) is 17.0 Å². The number of hydrogen-bond donors (Lipinski definition) is 1. The average Bonchev–Trinajstić information content (AvgIpc) is 2.76. The number of nitrogens with two attached hydrogens (primary N) is 1. The third-order valence-electron chi connectivity index (χ3n) is 4.68. The van der Waals surface area contributed by atoms with Gasteiger partial charge < -0.3 is 10.6 Å². The van der Waals surface area contributed by atoms with Crippen molar-refractivity contribution in [1.82, 2.24) is 0 Å². The first-order valence-electron chi connectivity index (χ1n) is 7.22. The quantitative estimate of drug-likeness (QED) is 0.849. The van der Waals surface area contributed by atoms with Crippen LogP contribution in [0.15, 0.2) is 24.3 Å². The van der Waals surface area contributed by atoms with E-state index in [4.69, 9.17) is 11.0 Å². The van der Waals surface area contributed by atoms with Gasteiger partial charge in [0, 0.05) is 18.3 Å². The van der Waals surface area contributed by atoms with E-state index in [2.05, 4.69) is 6.07 Å². The largest absolute Gasteiger partial charge is 0.328 e. The number of nitriles is 1. The third-order valence-corrected chi connectivity index (χ3v) is 4.68. The van der Waals surface area contributed by atoms with Crippen molar-refractivity contribution >= 4 is 11.6 Å². The topological polar surface area (TPSA) is 70.1 Å². The molecule has 4 nitrogen and oxygen atoms in total. The predicted molar refractivity (Wildman–Crippen MR) is 77.0 cm³/mol. The highest BCUT2D eigenvalue weighted by atomic mass is 16.2. The second kappa shape index (κ2) is 4.92. The highest BCUT2D eigenvalue weighted by molar-refractivity contribution is 6.00. The first-order valence-corrected chi connectivity index (χ1v) is 7.22. The van der Waals surface area contributed by atoms with E-state index in [9.17, 15) is 4.79 Å². The molecule has 1 aliphatic heterocycles. The summed E-state index contributed by atoms with van der Waals surface area (Å²) in [7, 11) is 0. The highest BCUT2D eigenvalue weighted by Crippen LogP contribution is 2.45. The molecule has 2 aliphatic rings. The molecule has 0 unspecified atom stereocenters. The Bertz CT molecular complexity index is 577. The summed E-state index contributed by atoms with van der Waals surface area (Å²) >= 11 is 0. The lowest BCUT2D eigenvalue weighted by Gasteiger charge is -2.35. The number of amides is 1. The van der Waals surface area contributed by atoms with Crippen LogP contribution < -0.4 is 10.6 Å². The molecule has 1 aromatic rings. The van der Waals surface area contributed by atoms with Crippen LogP contribution in [0.2, 0.25) is 0 Å². The third kappa shape index (κ3) is 2.08. The molecule has 3 rings (SSSR count). The fraction of sp³-hybridized carbons (Fsp3) is 0.500. The van der Waals surface area contributed by atoms with Gasteiger partial charge in [-0.15, -0.1) is 0 Å². The Kier molecular flexibility index (Phi) is 3.23. The van der Waals surface area contributed by atoms with Crippen LogP contribution in [0.5, 0.6) is 0 Å². The molecule has 0 radical (unpaired) electrons. The van der Waals surface area contributed by atoms with Crippen molar-refractivity contribution in [3.63, 3.8) is 0 Å². The molecule has 1 saturated carbocycles. The minimum atomic E-state index is -0.250. The monoisotopic (exact) mass is 269 g/mol. The van der Waals surface area contributed by atoms with Crippen molar-refractivity contribution in [2.75, 3.05) is 11.4 Å². The van der Waals surface area contributed by atoms with Crippen molar-refractivity contribution in [3.05, 3.63) is 29.8 Å². The molecule has 104 valence electrons. The summed E-state index contributed by atoms with van der Waals surface area (Å²) in [5.74, 6) is 0.197. The van der Waals surface area contributed by atoms with Gasteiger partial charge in [-0.3, -0.25) is 4.79 Å². The summed E-state index contributed by atoms with van der Waals surface area (Å²) in [5, 5.41) is 8.98. The molecular formula is C16H19N3O. The summed E-state index contributed by atoms with van der Waals surface area (Å²) < 4.78 is 0. The number of nitrogens with zero attached hydrogens (tertiary/aromatic N) is 2. The maximum Gasteiger partial charge on any atom is 0.233 e. The molecule has 2 fully saturated rings. The second-order valence-electron chi connectivity index (χ2n) is 6.01. The van der Waals surface area contributed by atoms with E-state index in [0.717, 1.165) is 44.3 Å². The average molecular weight is 269 g/mol. The standard InChI is InChI=1S/C16H19N3O/c17-11-12-3-1-5-14(9-12)19-8-7-16(15(19)20)6-2-4-13(18)10-16/h1,3,5,9,13H,2,4,6-8,10,18H2/t13-,16-/m0/s1. The molecule has 2 N–H and O–H groups in total. The Morgan fingerprint density at radius 2 is 2.25 bits per heavy atom. The maximum absolute atomic E-state index is 12.8. The van der Waals surface area contributed by atoms with Gasteiger partial charge >= 0.3 is 0 Å². The minimum Gasteiger partial charge on any atom is -0.328 e. The zero-order valence-corrected chi connectivity index (χ0v) is 11.5. The van der Waals surface area contributed by atoms with Gasteiger partial charge in [-0.2, -0.15) is 5.26 Å². The fourth-order valence-electron chi connectivity index (χ4n) is 3.64. The predicted octanol–water partition coefficient (Wildman–Crippen LogP) is 2.18. The number of carbonyl (C=O) groups is 1. The molecule has 2 atom stereocenters. The van der Waals surface area contributed by atoms with Crippen LogP contribution in [-0.2, 0) is 4.79 Å². The summed E-state index contributed by atoms with van der Waals surface area (Å²) in [6.45, 7) is 0.737. The molecule has 1 amide bonds. The van der Waals surface area contributed by atoms with Crippen LogP contribution in [0.25, 0.3) is 0 Å². The zero-order chi connectivity index (χ0) is 14.2. The van der Waals surface area contributed by atoms with Crippen LogP contribution >= 0.6 is 0 Å². The number of anilines is 1. The van der Waals surface area contributed by atoms with Crippen LogP contribution in [0, 0.1) is 16.7 Å². The highest BCUT2D eigenvalue weighted by Gasteiger charge is 2.48. The van der Waals surface area contributed by atoms with Gasteiger partial charge in [-0.1, -0.05) is 12.5 Å². The van der Waals surface area contributed by atoms with Crippen LogP contribution in [0.1, 0.15) is 37.7 Å². The van der Waals surface area contributed by atoms with Crippen molar-refractivity contribution < 1.29 is 4.79 Å². The number of benzene rings is 1. The van der Waals surface area contributed by atoms with Crippen LogP contribution in [0.4, 0.5) is 5.69 Å². The molecule has 20 heavy (non-hydrogen) atoms. The zero-order valence-electron chi connectivity index (χ0n) is 11.5. The first-order chi connectivity index (χ1) is 9.64. The SMILES string of the molecule is N#Cc1cccc(N2CC[C@]3(CCC[C@H](N)C3)C2=O)c1. The molecule has 0 aromatic heterocycles. The van der Waals surface area contributed by atoms with Crippen molar-refractivity contribution in [1.29, 1.82) is 5.26 Å². The van der Waals surface area contributed by atoms with E-state index >= 15 is 0 Å². The summed E-state index contributed by atoms with van der Waals surface area (Å²) in [6.07, 6.45) is 4.71. The van der Waals surface area contributed by atoms with E-state index < -0.39 is 0 Å². The molecule has 0 bridgehead atoms. The smallest absolute Gasteiger partial charge is 0.233 e. The van der Waals surface area contributed by atoms with Gasteiger partial charge in [-0.25, -0.2) is 0 Å². The Hall–Kier alpha value is -1.86. The first kappa shape index (κ1) is 13.1. The Morgan fingerprint density at radius 3 is 3.00 bits per heavy atom. The van der Waals surface area contributed by atoms with E-state index in [0.29, 0.717) is 5.56 Å². The van der Waals surface area contributed by atoms with Gasteiger partial charge in [0.1, 0.15) is 0 Å². The molecule has 4 heteroatoms. The Labute approximate surface area is 119 Å². The van der Waals surface area contributed by atoms with Gasteiger partial charge in [0.2, 0.25) is 5.91 Å². The number of carbonyl (C=O) groups excluding carboxylic acids is 1. The second-order valence-corrected chi connectivity index (χ2v) is 6.01. The van der Waals surface area contributed by atoms with Crippen LogP contribution in [0.3, 0.4) is 0 Å². The number of rotatable bonds is 1. The molecule has 1 saturated heterocycles. The maximum atomic E-state index is 12.8. The Balaban J connectivity index is 1.87. The van der Waals surface area contributed by atoms with Crippen molar-refractivity contribution in [3.8, 4) is 6.07 Å². The molecule has 1 aliphatic carbocycles. The summed E-state index contributed by atoms with van der Waals surface area (Å²) in [4.78, 5) is 14.6. The fourth-order valence-corrected chi connectivity index (χ4v) is 3.64. The van der Waals surface area contributed by atoms with Gasteiger partial charge in [-0.05, 0) is 43.9 Å². The lowest BCUT2D eigenvalue weighted by Crippen LogP contribution is -2.42. The van der Waals surface area contributed by atoms with E-state index in [1.54, 1.807) is 12.1 Å². The lowest BCUT2D eigenvalue weighted by atomic mass is 9.71.